The summed E-state index contributed by atoms with van der Waals surface area (Å²) in [7, 11) is 4.98. The highest BCUT2D eigenvalue weighted by Gasteiger charge is 2.25. The van der Waals surface area contributed by atoms with Gasteiger partial charge in [0, 0.05) is 61.6 Å². The van der Waals surface area contributed by atoms with Gasteiger partial charge in [-0.2, -0.15) is 0 Å². The van der Waals surface area contributed by atoms with Crippen LogP contribution in [0.2, 0.25) is 5.02 Å². The fraction of sp³-hybridized carbons (Fsp3) is 0.321. The van der Waals surface area contributed by atoms with Gasteiger partial charge in [0.05, 0.1) is 30.0 Å². The van der Waals surface area contributed by atoms with E-state index in [1.165, 1.54) is 0 Å². The maximum Gasteiger partial charge on any atom is 0.261 e. The lowest BCUT2D eigenvalue weighted by atomic mass is 9.98. The molecule has 190 valence electrons. The molecule has 0 saturated carbocycles. The molecule has 0 aliphatic heterocycles. The first-order valence-electron chi connectivity index (χ1n) is 11.7. The SMILES string of the molecule is CN=Cc1cc(C)ncc1-c1cc(C(=O)N(C)c2c(C)cccc2OC)c(OCCCCO)cc1Cl. The number of rotatable bonds is 10. The molecule has 0 bridgehead atoms. The van der Waals surface area contributed by atoms with Gasteiger partial charge in [0.1, 0.15) is 11.5 Å². The second kappa shape index (κ2) is 12.5. The largest absolute Gasteiger partial charge is 0.495 e. The van der Waals surface area contributed by atoms with Crippen molar-refractivity contribution >= 4 is 29.4 Å². The maximum atomic E-state index is 13.9. The quantitative estimate of drug-likeness (QED) is 0.288. The van der Waals surface area contributed by atoms with E-state index in [2.05, 4.69) is 9.98 Å². The lowest BCUT2D eigenvalue weighted by molar-refractivity contribution is 0.0988. The van der Waals surface area contributed by atoms with Crippen molar-refractivity contribution < 1.29 is 19.4 Å². The third kappa shape index (κ3) is 6.04. The Hall–Kier alpha value is -3.42. The maximum absolute atomic E-state index is 13.9. The number of ether oxygens (including phenoxy) is 2. The molecule has 1 aromatic heterocycles. The summed E-state index contributed by atoms with van der Waals surface area (Å²) in [6.07, 6.45) is 4.72. The lowest BCUT2D eigenvalue weighted by Gasteiger charge is -2.24. The highest BCUT2D eigenvalue weighted by atomic mass is 35.5. The minimum Gasteiger partial charge on any atom is -0.495 e. The topological polar surface area (TPSA) is 84.3 Å². The second-order valence-corrected chi connectivity index (χ2v) is 8.80. The number of para-hydroxylation sites is 1. The number of hydrogen-bond acceptors (Lipinski definition) is 6. The Morgan fingerprint density at radius 3 is 2.64 bits per heavy atom. The number of amides is 1. The van der Waals surface area contributed by atoms with E-state index in [1.807, 2.05) is 38.1 Å². The van der Waals surface area contributed by atoms with Crippen molar-refractivity contribution in [3.63, 3.8) is 0 Å². The van der Waals surface area contributed by atoms with E-state index in [-0.39, 0.29) is 12.5 Å². The van der Waals surface area contributed by atoms with E-state index < -0.39 is 0 Å². The number of unbranched alkanes of at least 4 members (excludes halogenated alkanes) is 1. The molecule has 0 aliphatic carbocycles. The summed E-state index contributed by atoms with van der Waals surface area (Å²) in [5.41, 5.74) is 5.01. The number of aliphatic hydroxyl groups excluding tert-OH is 1. The lowest BCUT2D eigenvalue weighted by Crippen LogP contribution is -2.28. The smallest absolute Gasteiger partial charge is 0.261 e. The van der Waals surface area contributed by atoms with E-state index in [0.29, 0.717) is 52.8 Å². The van der Waals surface area contributed by atoms with Gasteiger partial charge in [-0.15, -0.1) is 0 Å². The van der Waals surface area contributed by atoms with Gasteiger partial charge in [-0.05, 0) is 50.5 Å². The van der Waals surface area contributed by atoms with E-state index in [0.717, 1.165) is 22.4 Å². The number of benzene rings is 2. The first-order valence-corrected chi connectivity index (χ1v) is 12.1. The fourth-order valence-corrected chi connectivity index (χ4v) is 4.26. The molecule has 0 fully saturated rings. The van der Waals surface area contributed by atoms with Crippen LogP contribution in [0.25, 0.3) is 11.1 Å². The van der Waals surface area contributed by atoms with Gasteiger partial charge >= 0.3 is 0 Å². The third-order valence-electron chi connectivity index (χ3n) is 5.80. The number of aromatic nitrogens is 1. The number of pyridine rings is 1. The molecule has 0 saturated heterocycles. The van der Waals surface area contributed by atoms with Crippen LogP contribution >= 0.6 is 11.6 Å². The van der Waals surface area contributed by atoms with Gasteiger partial charge in [0.2, 0.25) is 0 Å². The van der Waals surface area contributed by atoms with Gasteiger partial charge in [-0.25, -0.2) is 0 Å². The van der Waals surface area contributed by atoms with E-state index in [4.69, 9.17) is 26.2 Å². The number of nitrogens with zero attached hydrogens (tertiary/aromatic N) is 3. The van der Waals surface area contributed by atoms with Gasteiger partial charge < -0.3 is 19.5 Å². The summed E-state index contributed by atoms with van der Waals surface area (Å²) in [6.45, 7) is 4.25. The van der Waals surface area contributed by atoms with Crippen LogP contribution in [-0.2, 0) is 0 Å². The zero-order chi connectivity index (χ0) is 26.2. The predicted octanol–water partition coefficient (Wildman–Crippen LogP) is 5.50. The average molecular weight is 510 g/mol. The number of carbonyl (C=O) groups excluding carboxylic acids is 1. The molecule has 7 nitrogen and oxygen atoms in total. The van der Waals surface area contributed by atoms with Crippen LogP contribution in [0.1, 0.15) is 40.0 Å². The summed E-state index contributed by atoms with van der Waals surface area (Å²) >= 11 is 6.72. The molecule has 0 aliphatic rings. The van der Waals surface area contributed by atoms with Crippen molar-refractivity contribution in [3.05, 3.63) is 70.0 Å². The highest BCUT2D eigenvalue weighted by molar-refractivity contribution is 6.34. The molecule has 0 spiro atoms. The van der Waals surface area contributed by atoms with E-state index in [1.54, 1.807) is 50.6 Å². The van der Waals surface area contributed by atoms with Crippen molar-refractivity contribution in [2.24, 2.45) is 4.99 Å². The Morgan fingerprint density at radius 2 is 1.94 bits per heavy atom. The Morgan fingerprint density at radius 1 is 1.17 bits per heavy atom. The third-order valence-corrected chi connectivity index (χ3v) is 6.11. The van der Waals surface area contributed by atoms with Crippen LogP contribution in [0.5, 0.6) is 11.5 Å². The Balaban J connectivity index is 2.15. The molecule has 1 N–H and O–H groups in total. The number of methoxy groups -OCH3 is 1. The van der Waals surface area contributed by atoms with Crippen molar-refractivity contribution in [1.82, 2.24) is 4.98 Å². The summed E-state index contributed by atoms with van der Waals surface area (Å²) in [5.74, 6) is 0.690. The predicted molar refractivity (Wildman–Crippen MR) is 145 cm³/mol. The van der Waals surface area contributed by atoms with E-state index in [9.17, 15) is 4.79 Å². The monoisotopic (exact) mass is 509 g/mol. The first-order chi connectivity index (χ1) is 17.3. The van der Waals surface area contributed by atoms with Crippen molar-refractivity contribution in [2.45, 2.75) is 26.7 Å². The van der Waals surface area contributed by atoms with Crippen LogP contribution in [0, 0.1) is 13.8 Å². The van der Waals surface area contributed by atoms with Crippen LogP contribution < -0.4 is 14.4 Å². The zero-order valence-corrected chi connectivity index (χ0v) is 22.1. The molecule has 2 aromatic carbocycles. The Kier molecular flexibility index (Phi) is 9.44. The minimum absolute atomic E-state index is 0.0762. The first kappa shape index (κ1) is 27.2. The molecule has 0 atom stereocenters. The Bertz CT molecular complexity index is 1260. The van der Waals surface area contributed by atoms with Crippen LogP contribution in [-0.4, -0.2) is 56.6 Å². The van der Waals surface area contributed by atoms with E-state index >= 15 is 0 Å². The van der Waals surface area contributed by atoms with Gasteiger partial charge in [0.25, 0.3) is 5.91 Å². The molecule has 8 heteroatoms. The summed E-state index contributed by atoms with van der Waals surface area (Å²) in [4.78, 5) is 24.1. The number of halogens is 1. The van der Waals surface area contributed by atoms with Crippen molar-refractivity contribution in [1.29, 1.82) is 0 Å². The molecule has 36 heavy (non-hydrogen) atoms. The highest BCUT2D eigenvalue weighted by Crippen LogP contribution is 2.38. The Labute approximate surface area is 217 Å². The molecule has 3 aromatic rings. The summed E-state index contributed by atoms with van der Waals surface area (Å²) in [6, 6.07) is 11.0. The summed E-state index contributed by atoms with van der Waals surface area (Å²) in [5, 5.41) is 9.54. The standard InChI is InChI=1S/C28H32ClN3O4/c1-18-9-8-10-25(35-5)27(18)32(4)28(34)22-14-21(23-17-31-19(2)13-20(23)16-30-3)24(29)15-26(22)36-12-7-6-11-33/h8-10,13-17,33H,6-7,11-12H2,1-5H3. The molecule has 1 amide bonds. The number of aliphatic hydroxyl groups is 1. The number of carbonyl (C=O) groups is 1. The number of hydrogen-bond donors (Lipinski definition) is 1. The summed E-state index contributed by atoms with van der Waals surface area (Å²) < 4.78 is 11.5. The van der Waals surface area contributed by atoms with Crippen LogP contribution in [0.3, 0.4) is 0 Å². The molecule has 0 unspecified atom stereocenters. The fourth-order valence-electron chi connectivity index (χ4n) is 4.00. The van der Waals surface area contributed by atoms with Gasteiger partial charge in [-0.3, -0.25) is 14.8 Å². The zero-order valence-electron chi connectivity index (χ0n) is 21.3. The average Bonchev–Trinajstić information content (AvgIpc) is 2.86. The van der Waals surface area contributed by atoms with Crippen LogP contribution in [0.4, 0.5) is 5.69 Å². The molecule has 3 rings (SSSR count). The molecular weight excluding hydrogens is 478 g/mol. The minimum atomic E-state index is -0.275. The second-order valence-electron chi connectivity index (χ2n) is 8.40. The number of aryl methyl sites for hydroxylation is 2. The molecule has 1 heterocycles. The van der Waals surface area contributed by atoms with Crippen molar-refractivity contribution in [3.8, 4) is 22.6 Å². The van der Waals surface area contributed by atoms with Gasteiger partial charge in [0.15, 0.2) is 0 Å². The number of anilines is 1. The molecule has 0 radical (unpaired) electrons. The normalized spacial score (nSPS) is 11.1. The van der Waals surface area contributed by atoms with Crippen molar-refractivity contribution in [2.75, 3.05) is 39.3 Å². The van der Waals surface area contributed by atoms with Crippen LogP contribution in [0.15, 0.2) is 47.6 Å². The molecular formula is C28H32ClN3O4. The number of aliphatic imine (C=N–C) groups is 1. The van der Waals surface area contributed by atoms with Gasteiger partial charge in [-0.1, -0.05) is 23.7 Å².